The van der Waals surface area contributed by atoms with Gasteiger partial charge in [0.1, 0.15) is 0 Å². The van der Waals surface area contributed by atoms with Crippen LogP contribution in [0.25, 0.3) is 0 Å². The van der Waals surface area contributed by atoms with Crippen molar-refractivity contribution in [3.05, 3.63) is 46.8 Å². The molecule has 0 radical (unpaired) electrons. The third-order valence-corrected chi connectivity index (χ3v) is 2.95. The smallest absolute Gasteiger partial charge is 0.276 e. The van der Waals surface area contributed by atoms with Crippen LogP contribution in [0.3, 0.4) is 0 Å². The van der Waals surface area contributed by atoms with Crippen LogP contribution in [0.5, 0.6) is 0 Å². The Labute approximate surface area is 107 Å². The van der Waals surface area contributed by atoms with Crippen molar-refractivity contribution < 1.29 is 4.79 Å². The van der Waals surface area contributed by atoms with Crippen LogP contribution in [0.15, 0.2) is 24.4 Å². The second kappa shape index (κ2) is 4.64. The lowest BCUT2D eigenvalue weighted by Crippen LogP contribution is -2.15. The first kappa shape index (κ1) is 12.4. The molecule has 1 aromatic heterocycles. The summed E-state index contributed by atoms with van der Waals surface area (Å²) in [4.78, 5) is 12.2. The van der Waals surface area contributed by atoms with Crippen LogP contribution in [-0.4, -0.2) is 15.7 Å². The van der Waals surface area contributed by atoms with Crippen LogP contribution < -0.4 is 5.32 Å². The van der Waals surface area contributed by atoms with Gasteiger partial charge in [-0.3, -0.25) is 9.48 Å². The van der Waals surface area contributed by atoms with E-state index in [4.69, 9.17) is 0 Å². The Bertz CT molecular complexity index is 579. The van der Waals surface area contributed by atoms with Crippen molar-refractivity contribution in [2.24, 2.45) is 7.05 Å². The van der Waals surface area contributed by atoms with Gasteiger partial charge in [0.25, 0.3) is 5.91 Å². The van der Waals surface area contributed by atoms with E-state index in [1.54, 1.807) is 4.68 Å². The van der Waals surface area contributed by atoms with E-state index >= 15 is 0 Å². The number of anilines is 1. The summed E-state index contributed by atoms with van der Waals surface area (Å²) in [6.45, 7) is 5.84. The lowest BCUT2D eigenvalue weighted by atomic mass is 10.1. The zero-order valence-corrected chi connectivity index (χ0v) is 11.1. The Kier molecular flexibility index (Phi) is 3.19. The number of nitrogens with zero attached hydrogens (tertiary/aromatic N) is 2. The highest BCUT2D eigenvalue weighted by atomic mass is 16.2. The average molecular weight is 243 g/mol. The van der Waals surface area contributed by atoms with Crippen molar-refractivity contribution in [1.29, 1.82) is 0 Å². The van der Waals surface area contributed by atoms with Crippen molar-refractivity contribution >= 4 is 11.6 Å². The fourth-order valence-electron chi connectivity index (χ4n) is 2.02. The zero-order chi connectivity index (χ0) is 13.3. The predicted octanol–water partition coefficient (Wildman–Crippen LogP) is 2.60. The molecule has 1 heterocycles. The molecule has 0 aliphatic rings. The molecular weight excluding hydrogens is 226 g/mol. The van der Waals surface area contributed by atoms with E-state index in [0.717, 1.165) is 22.4 Å². The maximum absolute atomic E-state index is 12.2. The van der Waals surface area contributed by atoms with E-state index in [1.165, 1.54) is 0 Å². The number of aromatic nitrogens is 2. The second-order valence-electron chi connectivity index (χ2n) is 4.56. The van der Waals surface area contributed by atoms with Gasteiger partial charge in [-0.05, 0) is 31.9 Å². The molecule has 1 amide bonds. The summed E-state index contributed by atoms with van der Waals surface area (Å²) in [6.07, 6.45) is 1.83. The van der Waals surface area contributed by atoms with Gasteiger partial charge in [0.2, 0.25) is 0 Å². The molecule has 0 atom stereocenters. The van der Waals surface area contributed by atoms with E-state index in [0.29, 0.717) is 5.69 Å². The summed E-state index contributed by atoms with van der Waals surface area (Å²) in [5, 5.41) is 7.10. The number of hydrogen-bond donors (Lipinski definition) is 1. The van der Waals surface area contributed by atoms with Gasteiger partial charge in [-0.2, -0.15) is 5.10 Å². The Hall–Kier alpha value is -2.10. The van der Waals surface area contributed by atoms with E-state index in [1.807, 2.05) is 52.2 Å². The standard InChI is InChI=1S/C14H17N3O/c1-9-6-5-7-10(2)12(9)15-14(18)13-11(3)8-17(4)16-13/h5-8H,1-4H3,(H,15,18). The molecule has 0 unspecified atom stereocenters. The minimum absolute atomic E-state index is 0.162. The maximum Gasteiger partial charge on any atom is 0.276 e. The second-order valence-corrected chi connectivity index (χ2v) is 4.56. The minimum atomic E-state index is -0.162. The van der Waals surface area contributed by atoms with Crippen molar-refractivity contribution in [3.63, 3.8) is 0 Å². The van der Waals surface area contributed by atoms with Gasteiger partial charge < -0.3 is 5.32 Å². The zero-order valence-electron chi connectivity index (χ0n) is 11.1. The highest BCUT2D eigenvalue weighted by molar-refractivity contribution is 6.04. The van der Waals surface area contributed by atoms with Gasteiger partial charge in [0.15, 0.2) is 5.69 Å². The number of carbonyl (C=O) groups excluding carboxylic acids is 1. The third-order valence-electron chi connectivity index (χ3n) is 2.95. The summed E-state index contributed by atoms with van der Waals surface area (Å²) in [6, 6.07) is 5.94. The van der Waals surface area contributed by atoms with Crippen molar-refractivity contribution in [2.45, 2.75) is 20.8 Å². The van der Waals surface area contributed by atoms with Crippen LogP contribution in [0.2, 0.25) is 0 Å². The monoisotopic (exact) mass is 243 g/mol. The summed E-state index contributed by atoms with van der Waals surface area (Å²) in [5.41, 5.74) is 4.32. The molecular formula is C14H17N3O. The number of amides is 1. The lowest BCUT2D eigenvalue weighted by molar-refractivity contribution is 0.102. The average Bonchev–Trinajstić information content (AvgIpc) is 2.63. The fourth-order valence-corrected chi connectivity index (χ4v) is 2.02. The van der Waals surface area contributed by atoms with Crippen LogP contribution in [-0.2, 0) is 7.05 Å². The highest BCUT2D eigenvalue weighted by Gasteiger charge is 2.14. The van der Waals surface area contributed by atoms with Gasteiger partial charge in [0, 0.05) is 24.5 Å². The number of rotatable bonds is 2. The number of nitrogens with one attached hydrogen (secondary N) is 1. The molecule has 0 aliphatic carbocycles. The summed E-state index contributed by atoms with van der Waals surface area (Å²) in [5.74, 6) is -0.162. The molecule has 0 saturated carbocycles. The normalized spacial score (nSPS) is 10.4. The largest absolute Gasteiger partial charge is 0.320 e. The van der Waals surface area contributed by atoms with Gasteiger partial charge in [-0.15, -0.1) is 0 Å². The molecule has 2 aromatic rings. The first-order valence-corrected chi connectivity index (χ1v) is 5.87. The fraction of sp³-hybridized carbons (Fsp3) is 0.286. The van der Waals surface area contributed by atoms with Gasteiger partial charge in [-0.25, -0.2) is 0 Å². The number of para-hydroxylation sites is 1. The quantitative estimate of drug-likeness (QED) is 0.881. The van der Waals surface area contributed by atoms with Gasteiger partial charge >= 0.3 is 0 Å². The lowest BCUT2D eigenvalue weighted by Gasteiger charge is -2.10. The van der Waals surface area contributed by atoms with Crippen molar-refractivity contribution in [3.8, 4) is 0 Å². The molecule has 0 spiro atoms. The molecule has 0 fully saturated rings. The molecule has 0 aliphatic heterocycles. The van der Waals surface area contributed by atoms with E-state index in [2.05, 4.69) is 10.4 Å². The van der Waals surface area contributed by atoms with Gasteiger partial charge in [0.05, 0.1) is 0 Å². The molecule has 2 rings (SSSR count). The first-order valence-electron chi connectivity index (χ1n) is 5.87. The molecule has 0 bridgehead atoms. The highest BCUT2D eigenvalue weighted by Crippen LogP contribution is 2.20. The summed E-state index contributed by atoms with van der Waals surface area (Å²) >= 11 is 0. The van der Waals surface area contributed by atoms with Crippen LogP contribution in [0.4, 0.5) is 5.69 Å². The minimum Gasteiger partial charge on any atom is -0.320 e. The van der Waals surface area contributed by atoms with Crippen molar-refractivity contribution in [1.82, 2.24) is 9.78 Å². The Morgan fingerprint density at radius 2 is 1.78 bits per heavy atom. The Morgan fingerprint density at radius 3 is 2.28 bits per heavy atom. The molecule has 4 heteroatoms. The molecule has 1 aromatic carbocycles. The molecule has 18 heavy (non-hydrogen) atoms. The number of carbonyl (C=O) groups is 1. The van der Waals surface area contributed by atoms with Gasteiger partial charge in [-0.1, -0.05) is 18.2 Å². The first-order chi connectivity index (χ1) is 8.49. The Balaban J connectivity index is 2.30. The van der Waals surface area contributed by atoms with Crippen molar-refractivity contribution in [2.75, 3.05) is 5.32 Å². The van der Waals surface area contributed by atoms with E-state index < -0.39 is 0 Å². The SMILES string of the molecule is Cc1cn(C)nc1C(=O)Nc1c(C)cccc1C. The van der Waals surface area contributed by atoms with E-state index in [9.17, 15) is 4.79 Å². The summed E-state index contributed by atoms with van der Waals surface area (Å²) in [7, 11) is 1.81. The molecule has 1 N–H and O–H groups in total. The third kappa shape index (κ3) is 2.27. The molecule has 4 nitrogen and oxygen atoms in total. The molecule has 94 valence electrons. The molecule has 0 saturated heterocycles. The topological polar surface area (TPSA) is 46.9 Å². The van der Waals surface area contributed by atoms with E-state index in [-0.39, 0.29) is 5.91 Å². The summed E-state index contributed by atoms with van der Waals surface area (Å²) < 4.78 is 1.65. The number of aryl methyl sites for hydroxylation is 4. The number of hydrogen-bond acceptors (Lipinski definition) is 2. The number of benzene rings is 1. The Morgan fingerprint density at radius 1 is 1.17 bits per heavy atom. The predicted molar refractivity (Wildman–Crippen MR) is 71.8 cm³/mol. The maximum atomic E-state index is 12.2. The van der Waals surface area contributed by atoms with Crippen LogP contribution in [0, 0.1) is 20.8 Å². The van der Waals surface area contributed by atoms with Crippen LogP contribution >= 0.6 is 0 Å². The van der Waals surface area contributed by atoms with Crippen LogP contribution in [0.1, 0.15) is 27.2 Å².